The predicted molar refractivity (Wildman–Crippen MR) is 71.6 cm³/mol. The fourth-order valence-corrected chi connectivity index (χ4v) is 2.62. The van der Waals surface area contributed by atoms with E-state index in [9.17, 15) is 8.42 Å². The molecule has 0 amide bonds. The molecule has 2 aromatic rings. The summed E-state index contributed by atoms with van der Waals surface area (Å²) in [6.07, 6.45) is 1.16. The summed E-state index contributed by atoms with van der Waals surface area (Å²) >= 11 is 1.57. The number of hydrogen-bond donors (Lipinski definition) is 2. The Kier molecular flexibility index (Phi) is 3.08. The van der Waals surface area contributed by atoms with Gasteiger partial charge >= 0.3 is 0 Å². The molecule has 1 aromatic carbocycles. The van der Waals surface area contributed by atoms with Gasteiger partial charge in [-0.05, 0) is 29.6 Å². The SMILES string of the molecule is CS(=O)(=O)c1ccc(Nc2ccsc2)c(N)c1. The van der Waals surface area contributed by atoms with E-state index in [0.717, 1.165) is 11.9 Å². The lowest BCUT2D eigenvalue weighted by molar-refractivity contribution is 0.602. The maximum Gasteiger partial charge on any atom is 0.175 e. The molecule has 0 aliphatic rings. The maximum atomic E-state index is 11.3. The van der Waals surface area contributed by atoms with Crippen LogP contribution in [0.15, 0.2) is 39.9 Å². The maximum absolute atomic E-state index is 11.3. The number of nitrogen functional groups attached to an aromatic ring is 1. The van der Waals surface area contributed by atoms with Gasteiger partial charge in [0.1, 0.15) is 0 Å². The molecule has 0 saturated carbocycles. The number of hydrogen-bond acceptors (Lipinski definition) is 5. The smallest absolute Gasteiger partial charge is 0.175 e. The van der Waals surface area contributed by atoms with E-state index in [1.165, 1.54) is 6.07 Å². The molecule has 0 aliphatic carbocycles. The van der Waals surface area contributed by atoms with E-state index < -0.39 is 9.84 Å². The summed E-state index contributed by atoms with van der Waals surface area (Å²) in [4.78, 5) is 0.228. The summed E-state index contributed by atoms with van der Waals surface area (Å²) in [7, 11) is -3.21. The van der Waals surface area contributed by atoms with Crippen LogP contribution in [-0.2, 0) is 9.84 Å². The van der Waals surface area contributed by atoms with Crippen molar-refractivity contribution in [3.8, 4) is 0 Å². The lowest BCUT2D eigenvalue weighted by Crippen LogP contribution is -2.01. The molecular formula is C11H12N2O2S2. The first kappa shape index (κ1) is 11.9. The van der Waals surface area contributed by atoms with Gasteiger partial charge < -0.3 is 11.1 Å². The van der Waals surface area contributed by atoms with Gasteiger partial charge in [0.05, 0.1) is 16.3 Å². The highest BCUT2D eigenvalue weighted by Gasteiger charge is 2.09. The number of benzene rings is 1. The lowest BCUT2D eigenvalue weighted by atomic mass is 10.2. The van der Waals surface area contributed by atoms with Crippen LogP contribution in [0.2, 0.25) is 0 Å². The molecule has 0 atom stereocenters. The molecular weight excluding hydrogens is 256 g/mol. The second-order valence-corrected chi connectivity index (χ2v) is 6.45. The molecule has 17 heavy (non-hydrogen) atoms. The summed E-state index contributed by atoms with van der Waals surface area (Å²) in [5, 5.41) is 7.02. The fraction of sp³-hybridized carbons (Fsp3) is 0.0909. The molecule has 90 valence electrons. The Morgan fingerprint density at radius 3 is 2.59 bits per heavy atom. The van der Waals surface area contributed by atoms with E-state index in [4.69, 9.17) is 5.73 Å². The average Bonchev–Trinajstić information content (AvgIpc) is 2.72. The third kappa shape index (κ3) is 2.78. The van der Waals surface area contributed by atoms with Gasteiger partial charge in [-0.2, -0.15) is 11.3 Å². The first-order valence-electron chi connectivity index (χ1n) is 4.85. The molecule has 3 N–H and O–H groups in total. The van der Waals surface area contributed by atoms with E-state index in [1.807, 2.05) is 16.8 Å². The molecule has 0 aliphatic heterocycles. The molecule has 2 rings (SSSR count). The highest BCUT2D eigenvalue weighted by molar-refractivity contribution is 7.90. The number of thiophene rings is 1. The van der Waals surface area contributed by atoms with E-state index in [1.54, 1.807) is 23.5 Å². The molecule has 0 unspecified atom stereocenters. The minimum absolute atomic E-state index is 0.228. The standard InChI is InChI=1S/C11H12N2O2S2/c1-17(14,15)9-2-3-11(10(12)6-9)13-8-4-5-16-7-8/h2-7,13H,12H2,1H3. The Balaban J connectivity index is 2.33. The zero-order valence-corrected chi connectivity index (χ0v) is 10.8. The van der Waals surface area contributed by atoms with E-state index >= 15 is 0 Å². The van der Waals surface area contributed by atoms with Crippen LogP contribution < -0.4 is 11.1 Å². The van der Waals surface area contributed by atoms with Crippen molar-refractivity contribution in [2.45, 2.75) is 4.90 Å². The largest absolute Gasteiger partial charge is 0.397 e. The molecule has 0 fully saturated rings. The average molecular weight is 268 g/mol. The van der Waals surface area contributed by atoms with Gasteiger partial charge in [0.2, 0.25) is 0 Å². The van der Waals surface area contributed by atoms with Crippen molar-refractivity contribution in [1.29, 1.82) is 0 Å². The number of nitrogens with two attached hydrogens (primary N) is 1. The fourth-order valence-electron chi connectivity index (χ4n) is 1.38. The minimum Gasteiger partial charge on any atom is -0.397 e. The molecule has 0 saturated heterocycles. The monoisotopic (exact) mass is 268 g/mol. The van der Waals surface area contributed by atoms with Crippen LogP contribution in [0.1, 0.15) is 0 Å². The van der Waals surface area contributed by atoms with E-state index in [-0.39, 0.29) is 4.90 Å². The second kappa shape index (κ2) is 4.38. The summed E-state index contributed by atoms with van der Waals surface area (Å²) in [6, 6.07) is 6.60. The zero-order chi connectivity index (χ0) is 12.5. The molecule has 6 heteroatoms. The van der Waals surface area contributed by atoms with Gasteiger partial charge in [-0.3, -0.25) is 0 Å². The third-order valence-electron chi connectivity index (χ3n) is 2.25. The van der Waals surface area contributed by atoms with Crippen LogP contribution in [0.4, 0.5) is 17.1 Å². The molecule has 0 spiro atoms. The summed E-state index contributed by atoms with van der Waals surface area (Å²) in [5.41, 5.74) is 7.87. The van der Waals surface area contributed by atoms with Crippen LogP contribution >= 0.6 is 11.3 Å². The number of nitrogens with one attached hydrogen (secondary N) is 1. The topological polar surface area (TPSA) is 72.2 Å². The summed E-state index contributed by atoms with van der Waals surface area (Å²) in [6.45, 7) is 0. The minimum atomic E-state index is -3.21. The first-order chi connectivity index (χ1) is 7.97. The molecule has 4 nitrogen and oxygen atoms in total. The number of rotatable bonds is 3. The molecule has 0 bridgehead atoms. The van der Waals surface area contributed by atoms with Crippen molar-refractivity contribution in [2.24, 2.45) is 0 Å². The first-order valence-corrected chi connectivity index (χ1v) is 7.69. The van der Waals surface area contributed by atoms with Crippen LogP contribution in [0.3, 0.4) is 0 Å². The van der Waals surface area contributed by atoms with Crippen molar-refractivity contribution >= 4 is 38.2 Å². The normalized spacial score (nSPS) is 11.4. The molecule has 0 radical (unpaired) electrons. The van der Waals surface area contributed by atoms with Gasteiger partial charge in [-0.15, -0.1) is 0 Å². The summed E-state index contributed by atoms with van der Waals surface area (Å²) < 4.78 is 22.7. The van der Waals surface area contributed by atoms with Gasteiger partial charge in [0, 0.05) is 17.3 Å². The molecule has 1 aromatic heterocycles. The zero-order valence-electron chi connectivity index (χ0n) is 9.17. The highest BCUT2D eigenvalue weighted by Crippen LogP contribution is 2.26. The Morgan fingerprint density at radius 1 is 1.29 bits per heavy atom. The Morgan fingerprint density at radius 2 is 2.06 bits per heavy atom. The Labute approximate surface area is 104 Å². The van der Waals surface area contributed by atoms with Crippen LogP contribution in [0.25, 0.3) is 0 Å². The summed E-state index contributed by atoms with van der Waals surface area (Å²) in [5.74, 6) is 0. The second-order valence-electron chi connectivity index (χ2n) is 3.66. The van der Waals surface area contributed by atoms with Gasteiger partial charge in [-0.25, -0.2) is 8.42 Å². The van der Waals surface area contributed by atoms with Crippen LogP contribution in [-0.4, -0.2) is 14.7 Å². The van der Waals surface area contributed by atoms with Gasteiger partial charge in [-0.1, -0.05) is 0 Å². The van der Waals surface area contributed by atoms with Gasteiger partial charge in [0.25, 0.3) is 0 Å². The third-order valence-corrected chi connectivity index (χ3v) is 4.04. The van der Waals surface area contributed by atoms with Gasteiger partial charge in [0.15, 0.2) is 9.84 Å². The van der Waals surface area contributed by atoms with Crippen molar-refractivity contribution in [1.82, 2.24) is 0 Å². The lowest BCUT2D eigenvalue weighted by Gasteiger charge is -2.08. The van der Waals surface area contributed by atoms with Crippen molar-refractivity contribution in [2.75, 3.05) is 17.3 Å². The van der Waals surface area contributed by atoms with Crippen molar-refractivity contribution in [3.63, 3.8) is 0 Å². The number of anilines is 3. The highest BCUT2D eigenvalue weighted by atomic mass is 32.2. The Hall–Kier alpha value is -1.53. The molecule has 1 heterocycles. The van der Waals surface area contributed by atoms with Crippen molar-refractivity contribution < 1.29 is 8.42 Å². The number of sulfone groups is 1. The Bertz CT molecular complexity index is 619. The quantitative estimate of drug-likeness (QED) is 0.839. The van der Waals surface area contributed by atoms with Crippen molar-refractivity contribution in [3.05, 3.63) is 35.0 Å². The van der Waals surface area contributed by atoms with E-state index in [0.29, 0.717) is 11.4 Å². The van der Waals surface area contributed by atoms with Crippen LogP contribution in [0, 0.1) is 0 Å². The predicted octanol–water partition coefficient (Wildman–Crippen LogP) is 2.48. The van der Waals surface area contributed by atoms with E-state index in [2.05, 4.69) is 5.32 Å². The van der Waals surface area contributed by atoms with Crippen LogP contribution in [0.5, 0.6) is 0 Å².